The van der Waals surface area contributed by atoms with Gasteiger partial charge in [-0.3, -0.25) is 0 Å². The Balaban J connectivity index is 1.88. The minimum Gasteiger partial charge on any atom is -0.355 e. The van der Waals surface area contributed by atoms with Crippen LogP contribution in [0.3, 0.4) is 0 Å². The van der Waals surface area contributed by atoms with Crippen molar-refractivity contribution in [2.24, 2.45) is 0 Å². The molecule has 0 spiro atoms. The van der Waals surface area contributed by atoms with Gasteiger partial charge < -0.3 is 10.6 Å². The first kappa shape index (κ1) is 18.1. The lowest BCUT2D eigenvalue weighted by Crippen LogP contribution is -2.02. The Morgan fingerprint density at radius 1 is 0.692 bits per heavy atom. The van der Waals surface area contributed by atoms with Crippen molar-refractivity contribution in [2.75, 3.05) is 10.6 Å². The third-order valence-electron chi connectivity index (χ3n) is 4.79. The molecule has 0 atom stereocenters. The second kappa shape index (κ2) is 8.57. The predicted molar refractivity (Wildman–Crippen MR) is 114 cm³/mol. The molecule has 0 aliphatic heterocycles. The normalized spacial score (nSPS) is 10.6. The minimum absolute atomic E-state index is 1.06. The van der Waals surface area contributed by atoms with Crippen LogP contribution in [0.1, 0.15) is 37.0 Å². The van der Waals surface area contributed by atoms with E-state index in [9.17, 15) is 0 Å². The summed E-state index contributed by atoms with van der Waals surface area (Å²) in [6, 6.07) is 23.4. The van der Waals surface area contributed by atoms with Gasteiger partial charge in [0.2, 0.25) is 0 Å². The predicted octanol–water partition coefficient (Wildman–Crippen LogP) is 7.00. The number of hydrogen-bond acceptors (Lipinski definition) is 2. The highest BCUT2D eigenvalue weighted by atomic mass is 14.9. The van der Waals surface area contributed by atoms with Gasteiger partial charge in [-0.25, -0.2) is 0 Å². The smallest absolute Gasteiger partial charge is 0.0420 e. The Morgan fingerprint density at radius 3 is 1.96 bits per heavy atom. The van der Waals surface area contributed by atoms with Crippen LogP contribution in [0.25, 0.3) is 0 Å². The molecule has 2 heteroatoms. The van der Waals surface area contributed by atoms with Crippen LogP contribution in [-0.4, -0.2) is 0 Å². The van der Waals surface area contributed by atoms with E-state index in [0.29, 0.717) is 0 Å². The first-order valence-corrected chi connectivity index (χ1v) is 9.51. The highest BCUT2D eigenvalue weighted by Crippen LogP contribution is 2.31. The number of aryl methyl sites for hydroxylation is 1. The van der Waals surface area contributed by atoms with Crippen LogP contribution >= 0.6 is 0 Å². The molecule has 0 heterocycles. The number of rotatable bonds is 7. The quantitative estimate of drug-likeness (QED) is 0.482. The van der Waals surface area contributed by atoms with Crippen LogP contribution in [0.5, 0.6) is 0 Å². The molecule has 134 valence electrons. The Labute approximate surface area is 157 Å². The lowest BCUT2D eigenvalue weighted by Gasteiger charge is -2.19. The number of benzene rings is 3. The van der Waals surface area contributed by atoms with E-state index in [2.05, 4.69) is 92.1 Å². The van der Waals surface area contributed by atoms with E-state index < -0.39 is 0 Å². The summed E-state index contributed by atoms with van der Waals surface area (Å²) in [5, 5.41) is 7.16. The zero-order valence-electron chi connectivity index (χ0n) is 16.0. The van der Waals surface area contributed by atoms with Gasteiger partial charge in [0.15, 0.2) is 0 Å². The zero-order chi connectivity index (χ0) is 18.4. The lowest BCUT2D eigenvalue weighted by molar-refractivity contribution is 0.915. The molecule has 2 N–H and O–H groups in total. The van der Waals surface area contributed by atoms with Gasteiger partial charge in [-0.1, -0.05) is 50.6 Å². The molecule has 0 aliphatic carbocycles. The largest absolute Gasteiger partial charge is 0.355 e. The molecular weight excluding hydrogens is 316 g/mol. The maximum Gasteiger partial charge on any atom is 0.0420 e. The molecule has 0 saturated carbocycles. The average molecular weight is 345 g/mol. The number of nitrogens with one attached hydrogen (secondary N) is 2. The summed E-state index contributed by atoms with van der Waals surface area (Å²) in [6.07, 6.45) is 3.25. The maximum absolute atomic E-state index is 3.59. The van der Waals surface area contributed by atoms with Crippen LogP contribution < -0.4 is 10.6 Å². The number of anilines is 4. The summed E-state index contributed by atoms with van der Waals surface area (Å²) < 4.78 is 0. The fourth-order valence-corrected chi connectivity index (χ4v) is 3.24. The van der Waals surface area contributed by atoms with Gasteiger partial charge in [0.1, 0.15) is 0 Å². The molecule has 0 amide bonds. The summed E-state index contributed by atoms with van der Waals surface area (Å²) in [5.74, 6) is 0. The standard InChI is InChI=1S/C24H28N2/c1-4-9-22-18(3)23(25-21-14-12-19(5-2)13-15-21)16-17-24(22)26-20-10-7-6-8-11-20/h6-8,10-17,25-26H,4-5,9H2,1-3H3. The molecule has 26 heavy (non-hydrogen) atoms. The summed E-state index contributed by atoms with van der Waals surface area (Å²) in [4.78, 5) is 0. The highest BCUT2D eigenvalue weighted by molar-refractivity contribution is 5.73. The average Bonchev–Trinajstić information content (AvgIpc) is 2.68. The summed E-state index contributed by atoms with van der Waals surface area (Å²) in [5.41, 5.74) is 8.69. The van der Waals surface area contributed by atoms with Crippen molar-refractivity contribution in [3.8, 4) is 0 Å². The van der Waals surface area contributed by atoms with Crippen molar-refractivity contribution in [3.63, 3.8) is 0 Å². The second-order valence-corrected chi connectivity index (χ2v) is 6.68. The van der Waals surface area contributed by atoms with E-state index in [1.165, 1.54) is 28.1 Å². The molecule has 0 fully saturated rings. The van der Waals surface area contributed by atoms with Gasteiger partial charge in [0.25, 0.3) is 0 Å². The lowest BCUT2D eigenvalue weighted by atomic mass is 9.99. The molecule has 3 aromatic carbocycles. The van der Waals surface area contributed by atoms with E-state index >= 15 is 0 Å². The monoisotopic (exact) mass is 344 g/mol. The number of hydrogen-bond donors (Lipinski definition) is 2. The summed E-state index contributed by atoms with van der Waals surface area (Å²) in [7, 11) is 0. The van der Waals surface area contributed by atoms with Gasteiger partial charge in [-0.2, -0.15) is 0 Å². The molecule has 0 aromatic heterocycles. The summed E-state index contributed by atoms with van der Waals surface area (Å²) in [6.45, 7) is 6.63. The van der Waals surface area contributed by atoms with Gasteiger partial charge in [-0.15, -0.1) is 0 Å². The van der Waals surface area contributed by atoms with Crippen LogP contribution in [0, 0.1) is 6.92 Å². The maximum atomic E-state index is 3.59. The van der Waals surface area contributed by atoms with Crippen LogP contribution in [0.4, 0.5) is 22.7 Å². The Bertz CT molecular complexity index is 836. The van der Waals surface area contributed by atoms with Crippen LogP contribution in [-0.2, 0) is 12.8 Å². The first-order chi connectivity index (χ1) is 12.7. The minimum atomic E-state index is 1.06. The zero-order valence-corrected chi connectivity index (χ0v) is 16.0. The molecule has 0 radical (unpaired) electrons. The molecular formula is C24H28N2. The van der Waals surface area contributed by atoms with Crippen molar-refractivity contribution in [3.05, 3.63) is 83.4 Å². The first-order valence-electron chi connectivity index (χ1n) is 9.51. The van der Waals surface area contributed by atoms with E-state index in [1.807, 2.05) is 6.07 Å². The summed E-state index contributed by atoms with van der Waals surface area (Å²) >= 11 is 0. The third kappa shape index (κ3) is 4.26. The van der Waals surface area contributed by atoms with E-state index in [0.717, 1.165) is 30.6 Å². The van der Waals surface area contributed by atoms with E-state index in [1.54, 1.807) is 0 Å². The SMILES string of the molecule is CCCc1c(Nc2ccccc2)ccc(Nc2ccc(CC)cc2)c1C. The Morgan fingerprint density at radius 2 is 1.31 bits per heavy atom. The number of para-hydroxylation sites is 1. The van der Waals surface area contributed by atoms with Crippen molar-refractivity contribution >= 4 is 22.7 Å². The molecule has 0 saturated heterocycles. The fourth-order valence-electron chi connectivity index (χ4n) is 3.24. The molecule has 0 bridgehead atoms. The molecule has 2 nitrogen and oxygen atoms in total. The van der Waals surface area contributed by atoms with Gasteiger partial charge >= 0.3 is 0 Å². The van der Waals surface area contributed by atoms with Crippen molar-refractivity contribution < 1.29 is 0 Å². The van der Waals surface area contributed by atoms with Crippen LogP contribution in [0.15, 0.2) is 66.7 Å². The van der Waals surface area contributed by atoms with Crippen molar-refractivity contribution in [1.82, 2.24) is 0 Å². The van der Waals surface area contributed by atoms with E-state index in [-0.39, 0.29) is 0 Å². The Kier molecular flexibility index (Phi) is 5.96. The molecule has 0 unspecified atom stereocenters. The van der Waals surface area contributed by atoms with Crippen molar-refractivity contribution in [1.29, 1.82) is 0 Å². The topological polar surface area (TPSA) is 24.1 Å². The highest BCUT2D eigenvalue weighted by Gasteiger charge is 2.10. The molecule has 3 rings (SSSR count). The van der Waals surface area contributed by atoms with Crippen molar-refractivity contribution in [2.45, 2.75) is 40.0 Å². The Hall–Kier alpha value is -2.74. The fraction of sp³-hybridized carbons (Fsp3) is 0.250. The third-order valence-corrected chi connectivity index (χ3v) is 4.79. The van der Waals surface area contributed by atoms with Gasteiger partial charge in [0.05, 0.1) is 0 Å². The van der Waals surface area contributed by atoms with Gasteiger partial charge in [-0.05, 0) is 72.9 Å². The van der Waals surface area contributed by atoms with Gasteiger partial charge in [0, 0.05) is 22.7 Å². The molecule has 0 aliphatic rings. The van der Waals surface area contributed by atoms with E-state index in [4.69, 9.17) is 0 Å². The second-order valence-electron chi connectivity index (χ2n) is 6.68. The molecule has 3 aromatic rings. The van der Waals surface area contributed by atoms with Crippen LogP contribution in [0.2, 0.25) is 0 Å².